The van der Waals surface area contributed by atoms with E-state index in [0.717, 1.165) is 18.7 Å². The second-order valence-electron chi connectivity index (χ2n) is 7.27. The Morgan fingerprint density at radius 2 is 2.09 bits per heavy atom. The summed E-state index contributed by atoms with van der Waals surface area (Å²) >= 11 is 0. The van der Waals surface area contributed by atoms with Crippen molar-refractivity contribution in [1.29, 1.82) is 0 Å². The molecule has 122 valence electrons. The third kappa shape index (κ3) is 3.86. The van der Waals surface area contributed by atoms with Crippen molar-refractivity contribution in [2.45, 2.75) is 71.4 Å². The maximum atomic E-state index is 11.5. The van der Waals surface area contributed by atoms with E-state index in [9.17, 15) is 9.90 Å². The minimum absolute atomic E-state index is 0.0716. The number of pyridine rings is 1. The van der Waals surface area contributed by atoms with E-state index in [-0.39, 0.29) is 5.41 Å². The monoisotopic (exact) mass is 304 g/mol. The molecule has 1 N–H and O–H groups in total. The van der Waals surface area contributed by atoms with Crippen molar-refractivity contribution < 1.29 is 9.90 Å². The van der Waals surface area contributed by atoms with Crippen molar-refractivity contribution in [3.8, 4) is 0 Å². The zero-order valence-electron chi connectivity index (χ0n) is 14.2. The number of likely N-dealkylation sites (tertiary alicyclic amines) is 1. The molecule has 4 nitrogen and oxygen atoms in total. The first-order chi connectivity index (χ1) is 10.3. The predicted molar refractivity (Wildman–Crippen MR) is 88.2 cm³/mol. The normalized spacial score (nSPS) is 20.1. The van der Waals surface area contributed by atoms with Crippen molar-refractivity contribution in [3.05, 3.63) is 29.1 Å². The number of carbonyl (C=O) groups is 1. The van der Waals surface area contributed by atoms with Gasteiger partial charge in [0.05, 0.1) is 11.3 Å². The van der Waals surface area contributed by atoms with Gasteiger partial charge in [0.25, 0.3) is 0 Å². The molecule has 1 aliphatic heterocycles. The van der Waals surface area contributed by atoms with Gasteiger partial charge in [-0.15, -0.1) is 0 Å². The molecule has 2 heterocycles. The summed E-state index contributed by atoms with van der Waals surface area (Å²) in [5.41, 5.74) is 1.93. The molecule has 0 bridgehead atoms. The molecule has 1 unspecified atom stereocenters. The summed E-state index contributed by atoms with van der Waals surface area (Å²) in [7, 11) is 0. The van der Waals surface area contributed by atoms with Crippen molar-refractivity contribution >= 4 is 5.97 Å². The Hall–Kier alpha value is -1.42. The Morgan fingerprint density at radius 1 is 1.36 bits per heavy atom. The number of hydrogen-bond acceptors (Lipinski definition) is 3. The Balaban J connectivity index is 2.32. The van der Waals surface area contributed by atoms with Crippen molar-refractivity contribution in [2.75, 3.05) is 6.54 Å². The molecule has 1 fully saturated rings. The van der Waals surface area contributed by atoms with Crippen LogP contribution >= 0.6 is 0 Å². The average Bonchev–Trinajstić information content (AvgIpc) is 2.46. The van der Waals surface area contributed by atoms with Gasteiger partial charge in [0.15, 0.2) is 0 Å². The van der Waals surface area contributed by atoms with Crippen LogP contribution in [0.1, 0.15) is 75.1 Å². The van der Waals surface area contributed by atoms with E-state index >= 15 is 0 Å². The van der Waals surface area contributed by atoms with Crippen LogP contribution in [-0.4, -0.2) is 33.5 Å². The molecular weight excluding hydrogens is 276 g/mol. The summed E-state index contributed by atoms with van der Waals surface area (Å²) in [4.78, 5) is 18.6. The molecule has 0 radical (unpaired) electrons. The molecule has 1 aliphatic rings. The number of nitrogens with zero attached hydrogens (tertiary/aromatic N) is 2. The molecule has 0 aliphatic carbocycles. The van der Waals surface area contributed by atoms with Crippen LogP contribution in [0, 0.1) is 0 Å². The zero-order valence-corrected chi connectivity index (χ0v) is 14.2. The van der Waals surface area contributed by atoms with Crippen LogP contribution in [-0.2, 0) is 12.0 Å². The highest BCUT2D eigenvalue weighted by Crippen LogP contribution is 2.25. The fourth-order valence-electron chi connectivity index (χ4n) is 3.16. The Labute approximate surface area is 133 Å². The van der Waals surface area contributed by atoms with Gasteiger partial charge < -0.3 is 5.11 Å². The number of aromatic carboxylic acids is 1. The van der Waals surface area contributed by atoms with E-state index in [1.807, 2.05) is 6.07 Å². The van der Waals surface area contributed by atoms with Gasteiger partial charge in [-0.2, -0.15) is 0 Å². The third-order valence-corrected chi connectivity index (χ3v) is 4.55. The fourth-order valence-corrected chi connectivity index (χ4v) is 3.16. The molecule has 22 heavy (non-hydrogen) atoms. The molecule has 4 heteroatoms. The predicted octanol–water partition coefficient (Wildman–Crippen LogP) is 3.84. The number of carboxylic acids is 1. The largest absolute Gasteiger partial charge is 0.478 e. The minimum atomic E-state index is -0.881. The lowest BCUT2D eigenvalue weighted by Gasteiger charge is -2.35. The first-order valence-corrected chi connectivity index (χ1v) is 8.30. The molecular formula is C18H28N2O2. The van der Waals surface area contributed by atoms with Gasteiger partial charge in [-0.3, -0.25) is 9.88 Å². The zero-order chi connectivity index (χ0) is 16.3. The van der Waals surface area contributed by atoms with Crippen LogP contribution in [0.5, 0.6) is 0 Å². The van der Waals surface area contributed by atoms with Gasteiger partial charge in [0.2, 0.25) is 0 Å². The summed E-state index contributed by atoms with van der Waals surface area (Å²) in [6.45, 7) is 10.2. The highest BCUT2D eigenvalue weighted by atomic mass is 16.4. The highest BCUT2D eigenvalue weighted by molar-refractivity contribution is 5.88. The van der Waals surface area contributed by atoms with Gasteiger partial charge >= 0.3 is 5.97 Å². The van der Waals surface area contributed by atoms with Crippen LogP contribution in [0.4, 0.5) is 0 Å². The number of hydrogen-bond donors (Lipinski definition) is 1. The standard InChI is InChI=1S/C18H28N2O2/c1-5-13-8-6-7-11-20(13)12-15-14(17(21)22)9-10-16(19-15)18(2,3)4/h9-10,13H,5-8,11-12H2,1-4H3,(H,21,22). The number of piperidine rings is 1. The quantitative estimate of drug-likeness (QED) is 0.918. The molecule has 1 atom stereocenters. The Bertz CT molecular complexity index is 534. The maximum absolute atomic E-state index is 11.5. The molecule has 1 aromatic heterocycles. The van der Waals surface area contributed by atoms with Crippen LogP contribution in [0.3, 0.4) is 0 Å². The molecule has 0 spiro atoms. The van der Waals surface area contributed by atoms with E-state index in [1.165, 1.54) is 19.3 Å². The van der Waals surface area contributed by atoms with Crippen LogP contribution in [0.2, 0.25) is 0 Å². The summed E-state index contributed by atoms with van der Waals surface area (Å²) in [6.07, 6.45) is 4.79. The third-order valence-electron chi connectivity index (χ3n) is 4.55. The van der Waals surface area contributed by atoms with E-state index in [0.29, 0.717) is 23.8 Å². The van der Waals surface area contributed by atoms with E-state index in [4.69, 9.17) is 4.98 Å². The first-order valence-electron chi connectivity index (χ1n) is 8.30. The summed E-state index contributed by atoms with van der Waals surface area (Å²) in [5, 5.41) is 9.45. The summed E-state index contributed by atoms with van der Waals surface area (Å²) < 4.78 is 0. The van der Waals surface area contributed by atoms with Crippen LogP contribution < -0.4 is 0 Å². The Morgan fingerprint density at radius 3 is 2.68 bits per heavy atom. The maximum Gasteiger partial charge on any atom is 0.337 e. The molecule has 0 amide bonds. The molecule has 0 saturated carbocycles. The topological polar surface area (TPSA) is 53.4 Å². The van der Waals surface area contributed by atoms with Crippen molar-refractivity contribution in [3.63, 3.8) is 0 Å². The fraction of sp³-hybridized carbons (Fsp3) is 0.667. The van der Waals surface area contributed by atoms with Crippen molar-refractivity contribution in [1.82, 2.24) is 9.88 Å². The van der Waals surface area contributed by atoms with Gasteiger partial charge in [-0.25, -0.2) is 4.79 Å². The molecule has 1 aromatic rings. The van der Waals surface area contributed by atoms with Gasteiger partial charge in [0.1, 0.15) is 0 Å². The van der Waals surface area contributed by atoms with Gasteiger partial charge in [0, 0.05) is 23.7 Å². The highest BCUT2D eigenvalue weighted by Gasteiger charge is 2.25. The second-order valence-corrected chi connectivity index (χ2v) is 7.27. The number of rotatable bonds is 4. The Kier molecular flexibility index (Phi) is 5.22. The molecule has 0 aromatic carbocycles. The van der Waals surface area contributed by atoms with Crippen molar-refractivity contribution in [2.24, 2.45) is 0 Å². The number of aromatic nitrogens is 1. The lowest BCUT2D eigenvalue weighted by molar-refractivity contribution is 0.0690. The lowest BCUT2D eigenvalue weighted by Crippen LogP contribution is -2.39. The summed E-state index contributed by atoms with van der Waals surface area (Å²) in [6, 6.07) is 4.12. The van der Waals surface area contributed by atoms with Crippen LogP contribution in [0.15, 0.2) is 12.1 Å². The van der Waals surface area contributed by atoms with E-state index in [1.54, 1.807) is 6.07 Å². The van der Waals surface area contributed by atoms with Crippen LogP contribution in [0.25, 0.3) is 0 Å². The van der Waals surface area contributed by atoms with Gasteiger partial charge in [-0.05, 0) is 37.9 Å². The van der Waals surface area contributed by atoms with Gasteiger partial charge in [-0.1, -0.05) is 34.1 Å². The lowest BCUT2D eigenvalue weighted by atomic mass is 9.91. The SMILES string of the molecule is CCC1CCCCN1Cc1nc(C(C)(C)C)ccc1C(=O)O. The van der Waals surface area contributed by atoms with E-state index < -0.39 is 5.97 Å². The molecule has 1 saturated heterocycles. The summed E-state index contributed by atoms with van der Waals surface area (Å²) in [5.74, 6) is -0.881. The number of carboxylic acid groups (broad SMARTS) is 1. The molecule has 2 rings (SSSR count). The smallest absolute Gasteiger partial charge is 0.337 e. The van der Waals surface area contributed by atoms with E-state index in [2.05, 4.69) is 32.6 Å². The minimum Gasteiger partial charge on any atom is -0.478 e. The second kappa shape index (κ2) is 6.78. The first kappa shape index (κ1) is 16.9. The average molecular weight is 304 g/mol.